The first-order chi connectivity index (χ1) is 11.9. The van der Waals surface area contributed by atoms with Crippen molar-refractivity contribution in [1.82, 2.24) is 10.2 Å². The number of halogens is 2. The number of hydrogen-bond acceptors (Lipinski definition) is 3. The van der Waals surface area contributed by atoms with Crippen LogP contribution in [0.15, 0.2) is 18.2 Å². The van der Waals surface area contributed by atoms with Crippen molar-refractivity contribution in [3.63, 3.8) is 0 Å². The largest absolute Gasteiger partial charge is 0.355 e. The predicted octanol–water partition coefficient (Wildman–Crippen LogP) is 3.42. The van der Waals surface area contributed by atoms with E-state index >= 15 is 0 Å². The van der Waals surface area contributed by atoms with E-state index in [0.717, 1.165) is 19.4 Å². The van der Waals surface area contributed by atoms with Crippen molar-refractivity contribution < 1.29 is 9.59 Å². The van der Waals surface area contributed by atoms with E-state index in [2.05, 4.69) is 10.6 Å². The zero-order valence-electron chi connectivity index (χ0n) is 14.6. The van der Waals surface area contributed by atoms with Gasteiger partial charge in [-0.3, -0.25) is 9.59 Å². The van der Waals surface area contributed by atoms with Gasteiger partial charge in [0.1, 0.15) is 0 Å². The number of anilines is 1. The normalized spacial score (nSPS) is 20.4. The van der Waals surface area contributed by atoms with Crippen LogP contribution in [0.25, 0.3) is 0 Å². The van der Waals surface area contributed by atoms with Crippen molar-refractivity contribution in [2.45, 2.75) is 25.7 Å². The number of carbonyl (C=O) groups excluding carboxylic acids is 2. The SMILES string of the molecule is CN(C)CCNC(=O)C1CCC(C(=O)Nc2c(Cl)cccc2Cl)CC1. The molecule has 1 aromatic rings. The Morgan fingerprint density at radius 2 is 1.56 bits per heavy atom. The van der Waals surface area contributed by atoms with E-state index in [9.17, 15) is 9.59 Å². The molecule has 1 aliphatic rings. The Kier molecular flexibility index (Phi) is 7.54. The maximum absolute atomic E-state index is 12.5. The van der Waals surface area contributed by atoms with E-state index in [0.29, 0.717) is 35.1 Å². The van der Waals surface area contributed by atoms with Gasteiger partial charge in [-0.25, -0.2) is 0 Å². The van der Waals surface area contributed by atoms with Gasteiger partial charge in [-0.2, -0.15) is 0 Å². The van der Waals surface area contributed by atoms with Gasteiger partial charge in [0.05, 0.1) is 15.7 Å². The van der Waals surface area contributed by atoms with Crippen LogP contribution in [0.2, 0.25) is 10.0 Å². The third-order valence-corrected chi connectivity index (χ3v) is 5.17. The molecule has 5 nitrogen and oxygen atoms in total. The Hall–Kier alpha value is -1.30. The fourth-order valence-electron chi connectivity index (χ4n) is 3.01. The first kappa shape index (κ1) is 20.0. The summed E-state index contributed by atoms with van der Waals surface area (Å²) in [7, 11) is 3.95. The van der Waals surface area contributed by atoms with Crippen LogP contribution in [-0.4, -0.2) is 43.9 Å². The minimum Gasteiger partial charge on any atom is -0.355 e. The summed E-state index contributed by atoms with van der Waals surface area (Å²) in [5.41, 5.74) is 0.458. The van der Waals surface area contributed by atoms with Crippen LogP contribution in [0.3, 0.4) is 0 Å². The van der Waals surface area contributed by atoms with Crippen molar-refractivity contribution in [2.24, 2.45) is 11.8 Å². The number of carbonyl (C=O) groups is 2. The van der Waals surface area contributed by atoms with Crippen LogP contribution in [0.1, 0.15) is 25.7 Å². The van der Waals surface area contributed by atoms with Crippen LogP contribution in [-0.2, 0) is 9.59 Å². The molecule has 7 heteroatoms. The summed E-state index contributed by atoms with van der Waals surface area (Å²) in [6.07, 6.45) is 2.84. The van der Waals surface area contributed by atoms with Gasteiger partial charge in [-0.15, -0.1) is 0 Å². The van der Waals surface area contributed by atoms with E-state index in [1.54, 1.807) is 18.2 Å². The van der Waals surface area contributed by atoms with Crippen molar-refractivity contribution in [2.75, 3.05) is 32.5 Å². The van der Waals surface area contributed by atoms with Gasteiger partial charge in [0.2, 0.25) is 11.8 Å². The topological polar surface area (TPSA) is 61.4 Å². The highest BCUT2D eigenvalue weighted by atomic mass is 35.5. The van der Waals surface area contributed by atoms with Crippen LogP contribution in [0.4, 0.5) is 5.69 Å². The Morgan fingerprint density at radius 1 is 1.04 bits per heavy atom. The third kappa shape index (κ3) is 5.87. The molecule has 0 radical (unpaired) electrons. The van der Waals surface area contributed by atoms with Gasteiger partial charge in [0, 0.05) is 24.9 Å². The third-order valence-electron chi connectivity index (χ3n) is 4.54. The second kappa shape index (κ2) is 9.41. The number of likely N-dealkylation sites (N-methyl/N-ethyl adjacent to an activating group) is 1. The fourth-order valence-corrected chi connectivity index (χ4v) is 3.50. The smallest absolute Gasteiger partial charge is 0.227 e. The molecule has 0 saturated heterocycles. The van der Waals surface area contributed by atoms with Gasteiger partial charge in [0.25, 0.3) is 0 Å². The molecule has 0 aliphatic heterocycles. The lowest BCUT2D eigenvalue weighted by molar-refractivity contribution is -0.128. The minimum absolute atomic E-state index is 0.00452. The molecule has 1 aromatic carbocycles. The predicted molar refractivity (Wildman–Crippen MR) is 102 cm³/mol. The molecule has 1 aliphatic carbocycles. The summed E-state index contributed by atoms with van der Waals surface area (Å²) in [6, 6.07) is 5.12. The summed E-state index contributed by atoms with van der Waals surface area (Å²) in [4.78, 5) is 26.7. The molecule has 25 heavy (non-hydrogen) atoms. The van der Waals surface area contributed by atoms with Crippen molar-refractivity contribution in [3.05, 3.63) is 28.2 Å². The second-order valence-electron chi connectivity index (χ2n) is 6.73. The summed E-state index contributed by atoms with van der Waals surface area (Å²) in [5, 5.41) is 6.65. The molecule has 2 N–H and O–H groups in total. The Labute approximate surface area is 159 Å². The summed E-state index contributed by atoms with van der Waals surface area (Å²) in [5.74, 6) is -0.107. The van der Waals surface area contributed by atoms with Gasteiger partial charge in [-0.1, -0.05) is 29.3 Å². The molecule has 138 valence electrons. The van der Waals surface area contributed by atoms with E-state index < -0.39 is 0 Å². The quantitative estimate of drug-likeness (QED) is 0.788. The van der Waals surface area contributed by atoms with E-state index in [-0.39, 0.29) is 23.7 Å². The maximum atomic E-state index is 12.5. The highest BCUT2D eigenvalue weighted by Gasteiger charge is 2.30. The zero-order chi connectivity index (χ0) is 18.4. The molecule has 2 rings (SSSR count). The molecular weight excluding hydrogens is 361 g/mol. The minimum atomic E-state index is -0.113. The summed E-state index contributed by atoms with van der Waals surface area (Å²) < 4.78 is 0. The molecule has 0 unspecified atom stereocenters. The number of hydrogen-bond donors (Lipinski definition) is 2. The Morgan fingerprint density at radius 3 is 2.08 bits per heavy atom. The zero-order valence-corrected chi connectivity index (χ0v) is 16.2. The number of nitrogens with zero attached hydrogens (tertiary/aromatic N) is 1. The standard InChI is InChI=1S/C18H25Cl2N3O2/c1-23(2)11-10-21-17(24)12-6-8-13(9-7-12)18(25)22-16-14(19)4-3-5-15(16)20/h3-5,12-13H,6-11H2,1-2H3,(H,21,24)(H,22,25). The van der Waals surface area contributed by atoms with E-state index in [4.69, 9.17) is 23.2 Å². The highest BCUT2D eigenvalue weighted by Crippen LogP contribution is 2.33. The molecule has 1 fully saturated rings. The van der Waals surface area contributed by atoms with Crippen molar-refractivity contribution in [1.29, 1.82) is 0 Å². The molecular formula is C18H25Cl2N3O2. The molecule has 0 heterocycles. The summed E-state index contributed by atoms with van der Waals surface area (Å²) in [6.45, 7) is 1.47. The lowest BCUT2D eigenvalue weighted by atomic mass is 9.81. The van der Waals surface area contributed by atoms with Crippen LogP contribution in [0, 0.1) is 11.8 Å². The van der Waals surface area contributed by atoms with Crippen molar-refractivity contribution in [3.8, 4) is 0 Å². The van der Waals surface area contributed by atoms with E-state index in [1.807, 2.05) is 19.0 Å². The van der Waals surface area contributed by atoms with Gasteiger partial charge >= 0.3 is 0 Å². The monoisotopic (exact) mass is 385 g/mol. The van der Waals surface area contributed by atoms with Gasteiger partial charge < -0.3 is 15.5 Å². The molecule has 0 bridgehead atoms. The number of nitrogens with one attached hydrogen (secondary N) is 2. The van der Waals surface area contributed by atoms with Crippen LogP contribution >= 0.6 is 23.2 Å². The number of amides is 2. The fraction of sp³-hybridized carbons (Fsp3) is 0.556. The Bertz CT molecular complexity index is 594. The molecule has 1 saturated carbocycles. The molecule has 2 amide bonds. The van der Waals surface area contributed by atoms with Gasteiger partial charge in [0.15, 0.2) is 0 Å². The molecule has 0 spiro atoms. The van der Waals surface area contributed by atoms with Crippen LogP contribution < -0.4 is 10.6 Å². The average Bonchev–Trinajstić information content (AvgIpc) is 2.58. The number of para-hydroxylation sites is 1. The lowest BCUT2D eigenvalue weighted by Crippen LogP contribution is -2.38. The number of rotatable bonds is 6. The van der Waals surface area contributed by atoms with E-state index in [1.165, 1.54) is 0 Å². The van der Waals surface area contributed by atoms with Crippen molar-refractivity contribution >= 4 is 40.7 Å². The lowest BCUT2D eigenvalue weighted by Gasteiger charge is -2.27. The average molecular weight is 386 g/mol. The summed E-state index contributed by atoms with van der Waals surface area (Å²) >= 11 is 12.2. The highest BCUT2D eigenvalue weighted by molar-refractivity contribution is 6.39. The first-order valence-electron chi connectivity index (χ1n) is 8.55. The maximum Gasteiger partial charge on any atom is 0.227 e. The number of benzene rings is 1. The molecule has 0 atom stereocenters. The molecule has 0 aromatic heterocycles. The Balaban J connectivity index is 1.81. The van der Waals surface area contributed by atoms with Crippen LogP contribution in [0.5, 0.6) is 0 Å². The second-order valence-corrected chi connectivity index (χ2v) is 7.54. The first-order valence-corrected chi connectivity index (χ1v) is 9.31. The van der Waals surface area contributed by atoms with Gasteiger partial charge in [-0.05, 0) is 51.9 Å².